The Labute approximate surface area is 144 Å². The molecular formula is C17H17N5O3. The highest BCUT2D eigenvalue weighted by Crippen LogP contribution is 2.14. The molecule has 0 radical (unpaired) electrons. The number of pyridine rings is 1. The third kappa shape index (κ3) is 5.24. The topological polar surface area (TPSA) is 127 Å². The maximum absolute atomic E-state index is 12.0. The molecule has 1 aromatic carbocycles. The fourth-order valence-corrected chi connectivity index (χ4v) is 1.98. The molecule has 2 rings (SSSR count). The van der Waals surface area contributed by atoms with Crippen LogP contribution in [-0.4, -0.2) is 28.4 Å². The number of nitrogens with zero attached hydrogens (tertiary/aromatic N) is 2. The third-order valence-corrected chi connectivity index (χ3v) is 3.16. The van der Waals surface area contributed by atoms with Gasteiger partial charge in [0.15, 0.2) is 0 Å². The first-order valence-corrected chi connectivity index (χ1v) is 7.39. The number of hydrogen-bond donors (Lipinski definition) is 3. The first-order chi connectivity index (χ1) is 12.0. The summed E-state index contributed by atoms with van der Waals surface area (Å²) in [5.74, 6) is -1.44. The van der Waals surface area contributed by atoms with Crippen molar-refractivity contribution in [3.63, 3.8) is 0 Å². The van der Waals surface area contributed by atoms with E-state index in [1.165, 1.54) is 12.3 Å². The summed E-state index contributed by atoms with van der Waals surface area (Å²) in [6.07, 6.45) is 2.91. The summed E-state index contributed by atoms with van der Waals surface area (Å²) < 4.78 is 0. The van der Waals surface area contributed by atoms with Crippen LogP contribution in [0.25, 0.3) is 0 Å². The quantitative estimate of drug-likeness (QED) is 0.542. The van der Waals surface area contributed by atoms with Crippen LogP contribution in [-0.2, 0) is 4.79 Å². The SMILES string of the molecule is C/C(CC(=O)Nc1ccccc1C(N)=O)=N/NC(=O)c1cccnc1. The minimum atomic E-state index is -0.634. The van der Waals surface area contributed by atoms with Gasteiger partial charge in [0.25, 0.3) is 11.8 Å². The van der Waals surface area contributed by atoms with Gasteiger partial charge in [-0.3, -0.25) is 19.4 Å². The lowest BCUT2D eigenvalue weighted by Gasteiger charge is -2.08. The molecule has 0 bridgehead atoms. The molecule has 1 aromatic heterocycles. The van der Waals surface area contributed by atoms with Crippen molar-refractivity contribution in [1.29, 1.82) is 0 Å². The Balaban J connectivity index is 1.94. The summed E-state index contributed by atoms with van der Waals surface area (Å²) >= 11 is 0. The number of anilines is 1. The highest BCUT2D eigenvalue weighted by molar-refractivity contribution is 6.09. The van der Waals surface area contributed by atoms with Gasteiger partial charge >= 0.3 is 0 Å². The lowest BCUT2D eigenvalue weighted by atomic mass is 10.1. The molecule has 0 saturated carbocycles. The molecule has 0 spiro atoms. The van der Waals surface area contributed by atoms with Gasteiger partial charge in [0, 0.05) is 18.1 Å². The lowest BCUT2D eigenvalue weighted by molar-refractivity contribution is -0.115. The Bertz CT molecular complexity index is 818. The predicted molar refractivity (Wildman–Crippen MR) is 93.0 cm³/mol. The van der Waals surface area contributed by atoms with Gasteiger partial charge < -0.3 is 11.1 Å². The van der Waals surface area contributed by atoms with Crippen LogP contribution in [0, 0.1) is 0 Å². The number of hydrazone groups is 1. The molecule has 0 unspecified atom stereocenters. The van der Waals surface area contributed by atoms with Crippen molar-refractivity contribution >= 4 is 29.1 Å². The number of aromatic nitrogens is 1. The number of nitrogens with two attached hydrogens (primary N) is 1. The monoisotopic (exact) mass is 339 g/mol. The van der Waals surface area contributed by atoms with Crippen LogP contribution in [0.1, 0.15) is 34.1 Å². The Morgan fingerprint density at radius 3 is 2.60 bits per heavy atom. The molecule has 1 heterocycles. The number of rotatable bonds is 6. The summed E-state index contributed by atoms with van der Waals surface area (Å²) in [6.45, 7) is 1.60. The fraction of sp³-hybridized carbons (Fsp3) is 0.118. The number of carbonyl (C=O) groups excluding carboxylic acids is 3. The largest absolute Gasteiger partial charge is 0.366 e. The highest BCUT2D eigenvalue weighted by atomic mass is 16.2. The van der Waals surface area contributed by atoms with E-state index in [1.807, 2.05) is 0 Å². The van der Waals surface area contributed by atoms with Crippen molar-refractivity contribution in [2.45, 2.75) is 13.3 Å². The molecule has 4 N–H and O–H groups in total. The van der Waals surface area contributed by atoms with Gasteiger partial charge in [-0.1, -0.05) is 12.1 Å². The van der Waals surface area contributed by atoms with Crippen LogP contribution >= 0.6 is 0 Å². The molecule has 0 fully saturated rings. The predicted octanol–water partition coefficient (Wildman–Crippen LogP) is 1.31. The molecule has 0 aliphatic carbocycles. The molecule has 128 valence electrons. The van der Waals surface area contributed by atoms with E-state index in [9.17, 15) is 14.4 Å². The summed E-state index contributed by atoms with van der Waals surface area (Å²) in [6, 6.07) is 9.66. The van der Waals surface area contributed by atoms with Crippen LogP contribution in [0.4, 0.5) is 5.69 Å². The van der Waals surface area contributed by atoms with Crippen LogP contribution in [0.2, 0.25) is 0 Å². The van der Waals surface area contributed by atoms with Gasteiger partial charge in [-0.15, -0.1) is 0 Å². The molecular weight excluding hydrogens is 322 g/mol. The second kappa shape index (κ2) is 8.34. The number of benzene rings is 1. The normalized spacial score (nSPS) is 10.8. The number of carbonyl (C=O) groups is 3. The van der Waals surface area contributed by atoms with Gasteiger partial charge in [-0.25, -0.2) is 5.43 Å². The second-order valence-electron chi connectivity index (χ2n) is 5.16. The minimum Gasteiger partial charge on any atom is -0.366 e. The summed E-state index contributed by atoms with van der Waals surface area (Å²) in [4.78, 5) is 39.1. The Morgan fingerprint density at radius 2 is 1.92 bits per heavy atom. The van der Waals surface area contributed by atoms with E-state index in [0.29, 0.717) is 17.0 Å². The third-order valence-electron chi connectivity index (χ3n) is 3.16. The van der Waals surface area contributed by atoms with Gasteiger partial charge in [0.05, 0.1) is 23.2 Å². The molecule has 25 heavy (non-hydrogen) atoms. The summed E-state index contributed by atoms with van der Waals surface area (Å²) in [5.41, 5.74) is 8.91. The average Bonchev–Trinajstić information content (AvgIpc) is 2.60. The van der Waals surface area contributed by atoms with Crippen molar-refractivity contribution in [3.05, 3.63) is 59.9 Å². The van der Waals surface area contributed by atoms with E-state index in [1.54, 1.807) is 43.5 Å². The zero-order valence-electron chi connectivity index (χ0n) is 13.5. The summed E-state index contributed by atoms with van der Waals surface area (Å²) in [5, 5.41) is 6.48. The van der Waals surface area contributed by atoms with Gasteiger partial charge in [0.1, 0.15) is 0 Å². The number of amides is 3. The van der Waals surface area contributed by atoms with Gasteiger partial charge in [0.2, 0.25) is 5.91 Å². The molecule has 8 nitrogen and oxygen atoms in total. The molecule has 8 heteroatoms. The Kier molecular flexibility index (Phi) is 5.94. The van der Waals surface area contributed by atoms with Crippen molar-refractivity contribution in [1.82, 2.24) is 10.4 Å². The smallest absolute Gasteiger partial charge is 0.272 e. The van der Waals surface area contributed by atoms with Crippen molar-refractivity contribution < 1.29 is 14.4 Å². The molecule has 0 aliphatic rings. The fourth-order valence-electron chi connectivity index (χ4n) is 1.98. The van der Waals surface area contributed by atoms with Gasteiger partial charge in [-0.05, 0) is 31.2 Å². The number of nitrogens with one attached hydrogen (secondary N) is 2. The van der Waals surface area contributed by atoms with Gasteiger partial charge in [-0.2, -0.15) is 5.10 Å². The average molecular weight is 339 g/mol. The van der Waals surface area contributed by atoms with E-state index >= 15 is 0 Å². The van der Waals surface area contributed by atoms with E-state index in [4.69, 9.17) is 5.73 Å². The first kappa shape index (κ1) is 17.8. The number of para-hydroxylation sites is 1. The Hall–Kier alpha value is -3.55. The molecule has 3 amide bonds. The number of hydrogen-bond acceptors (Lipinski definition) is 5. The van der Waals surface area contributed by atoms with Crippen molar-refractivity contribution in [3.8, 4) is 0 Å². The highest BCUT2D eigenvalue weighted by Gasteiger charge is 2.11. The zero-order chi connectivity index (χ0) is 18.2. The second-order valence-corrected chi connectivity index (χ2v) is 5.16. The molecule has 2 aromatic rings. The number of primary amides is 1. The van der Waals surface area contributed by atoms with E-state index < -0.39 is 11.8 Å². The Morgan fingerprint density at radius 1 is 1.16 bits per heavy atom. The van der Waals surface area contributed by atoms with Crippen molar-refractivity contribution in [2.75, 3.05) is 5.32 Å². The molecule has 0 saturated heterocycles. The van der Waals surface area contributed by atoms with Crippen LogP contribution in [0.5, 0.6) is 0 Å². The lowest BCUT2D eigenvalue weighted by Crippen LogP contribution is -2.22. The first-order valence-electron chi connectivity index (χ1n) is 7.39. The maximum atomic E-state index is 12.0. The van der Waals surface area contributed by atoms with E-state index in [2.05, 4.69) is 20.8 Å². The minimum absolute atomic E-state index is 0.0551. The van der Waals surface area contributed by atoms with E-state index in [-0.39, 0.29) is 17.9 Å². The molecule has 0 atom stereocenters. The van der Waals surface area contributed by atoms with Crippen LogP contribution < -0.4 is 16.5 Å². The summed E-state index contributed by atoms with van der Waals surface area (Å²) in [7, 11) is 0. The van der Waals surface area contributed by atoms with Crippen molar-refractivity contribution in [2.24, 2.45) is 10.8 Å². The zero-order valence-corrected chi connectivity index (χ0v) is 13.5. The van der Waals surface area contributed by atoms with Crippen LogP contribution in [0.15, 0.2) is 53.9 Å². The standard InChI is InChI=1S/C17H17N5O3/c1-11(21-22-17(25)12-5-4-8-19-10-12)9-15(23)20-14-7-3-2-6-13(14)16(18)24/h2-8,10H,9H2,1H3,(H2,18,24)(H,20,23)(H,22,25)/b21-11-. The molecule has 0 aliphatic heterocycles. The van der Waals surface area contributed by atoms with Crippen LogP contribution in [0.3, 0.4) is 0 Å². The maximum Gasteiger partial charge on any atom is 0.272 e. The van der Waals surface area contributed by atoms with E-state index in [0.717, 1.165) is 0 Å².